The summed E-state index contributed by atoms with van der Waals surface area (Å²) in [5, 5.41) is 2.94. The van der Waals surface area contributed by atoms with E-state index in [1.54, 1.807) is 18.2 Å². The summed E-state index contributed by atoms with van der Waals surface area (Å²) >= 11 is 11.9. The zero-order valence-corrected chi connectivity index (χ0v) is 16.2. The zero-order chi connectivity index (χ0) is 19.6. The van der Waals surface area contributed by atoms with Gasteiger partial charge < -0.3 is 10.1 Å². The molecule has 0 bridgehead atoms. The molecule has 1 amide bonds. The summed E-state index contributed by atoms with van der Waals surface area (Å²) in [6.07, 6.45) is 0. The number of carbonyl (C=O) groups is 1. The average molecular weight is 433 g/mol. The maximum atomic E-state index is 14.2. The second kappa shape index (κ2) is 8.12. The first-order valence-corrected chi connectivity index (χ1v) is 10.1. The molecule has 0 atom stereocenters. The van der Waals surface area contributed by atoms with Crippen LogP contribution >= 0.6 is 23.2 Å². The topological polar surface area (TPSA) is 75.7 Å². The van der Waals surface area contributed by atoms with Gasteiger partial charge >= 0.3 is 0 Å². The Bertz CT molecular complexity index is 979. The fraction of sp³-hybridized carbons (Fsp3) is 0.235. The Morgan fingerprint density at radius 2 is 1.85 bits per heavy atom. The number of rotatable bonds is 4. The summed E-state index contributed by atoms with van der Waals surface area (Å²) in [4.78, 5) is 11.9. The monoisotopic (exact) mass is 432 g/mol. The van der Waals surface area contributed by atoms with Crippen molar-refractivity contribution < 1.29 is 22.3 Å². The van der Waals surface area contributed by atoms with Crippen LogP contribution in [0, 0.1) is 5.82 Å². The Morgan fingerprint density at radius 3 is 2.56 bits per heavy atom. The molecule has 1 aliphatic rings. The molecule has 27 heavy (non-hydrogen) atoms. The lowest BCUT2D eigenvalue weighted by atomic mass is 10.2. The highest BCUT2D eigenvalue weighted by atomic mass is 35.5. The molecule has 0 spiro atoms. The number of benzene rings is 2. The van der Waals surface area contributed by atoms with E-state index >= 15 is 0 Å². The third-order valence-corrected chi connectivity index (χ3v) is 6.71. The van der Waals surface area contributed by atoms with E-state index in [1.807, 2.05) is 0 Å². The minimum Gasteiger partial charge on any atom is -0.379 e. The maximum absolute atomic E-state index is 14.2. The van der Waals surface area contributed by atoms with Crippen molar-refractivity contribution in [3.05, 3.63) is 57.8 Å². The number of ether oxygens (including phenoxy) is 1. The Morgan fingerprint density at radius 1 is 1.15 bits per heavy atom. The van der Waals surface area contributed by atoms with E-state index in [4.69, 9.17) is 27.9 Å². The molecule has 2 aromatic rings. The van der Waals surface area contributed by atoms with E-state index in [1.165, 1.54) is 6.07 Å². The van der Waals surface area contributed by atoms with Crippen molar-refractivity contribution in [1.29, 1.82) is 0 Å². The van der Waals surface area contributed by atoms with E-state index in [2.05, 4.69) is 5.32 Å². The van der Waals surface area contributed by atoms with E-state index in [-0.39, 0.29) is 47.6 Å². The standard InChI is InChI=1S/C17H15Cl2FN2O4S/c18-12-2-1-3-14(16(12)19)21-17(23)11-4-5-13(20)15(10-11)27(24,25)22-6-8-26-9-7-22/h1-5,10H,6-9H2,(H,21,23). The molecule has 0 aromatic heterocycles. The largest absolute Gasteiger partial charge is 0.379 e. The molecular weight excluding hydrogens is 418 g/mol. The number of carbonyl (C=O) groups excluding carboxylic acids is 1. The highest BCUT2D eigenvalue weighted by molar-refractivity contribution is 7.89. The Kier molecular flexibility index (Phi) is 6.02. The first kappa shape index (κ1) is 20.0. The van der Waals surface area contributed by atoms with E-state index < -0.39 is 26.6 Å². The molecule has 1 N–H and O–H groups in total. The van der Waals surface area contributed by atoms with Crippen LogP contribution in [0.5, 0.6) is 0 Å². The molecule has 1 heterocycles. The number of halogens is 3. The van der Waals surface area contributed by atoms with Crippen LogP contribution < -0.4 is 5.32 Å². The van der Waals surface area contributed by atoms with Gasteiger partial charge in [0.05, 0.1) is 28.9 Å². The van der Waals surface area contributed by atoms with Gasteiger partial charge in [-0.3, -0.25) is 4.79 Å². The van der Waals surface area contributed by atoms with Crippen LogP contribution in [0.25, 0.3) is 0 Å². The van der Waals surface area contributed by atoms with Crippen LogP contribution in [-0.4, -0.2) is 44.9 Å². The van der Waals surface area contributed by atoms with Crippen LogP contribution in [0.15, 0.2) is 41.3 Å². The highest BCUT2D eigenvalue weighted by Gasteiger charge is 2.29. The van der Waals surface area contributed by atoms with Crippen molar-refractivity contribution in [2.75, 3.05) is 31.6 Å². The van der Waals surface area contributed by atoms with Gasteiger partial charge in [0.1, 0.15) is 10.7 Å². The second-order valence-electron chi connectivity index (χ2n) is 5.72. The maximum Gasteiger partial charge on any atom is 0.255 e. The van der Waals surface area contributed by atoms with Gasteiger partial charge in [0.2, 0.25) is 10.0 Å². The highest BCUT2D eigenvalue weighted by Crippen LogP contribution is 2.30. The fourth-order valence-electron chi connectivity index (χ4n) is 2.56. The number of sulfonamides is 1. The molecule has 144 valence electrons. The molecule has 1 aliphatic heterocycles. The second-order valence-corrected chi connectivity index (χ2v) is 8.41. The zero-order valence-electron chi connectivity index (χ0n) is 13.9. The van der Waals surface area contributed by atoms with Crippen molar-refractivity contribution in [2.24, 2.45) is 0 Å². The first-order chi connectivity index (χ1) is 12.8. The van der Waals surface area contributed by atoms with Crippen LogP contribution in [-0.2, 0) is 14.8 Å². The van der Waals surface area contributed by atoms with Gasteiger partial charge in [0.25, 0.3) is 5.91 Å². The van der Waals surface area contributed by atoms with Gasteiger partial charge in [-0.25, -0.2) is 12.8 Å². The third kappa shape index (κ3) is 4.25. The van der Waals surface area contributed by atoms with E-state index in [0.29, 0.717) is 0 Å². The molecule has 0 unspecified atom stereocenters. The van der Waals surface area contributed by atoms with Gasteiger partial charge in [-0.15, -0.1) is 0 Å². The summed E-state index contributed by atoms with van der Waals surface area (Å²) < 4.78 is 45.9. The molecular formula is C17H15Cl2FN2O4S. The van der Waals surface area contributed by atoms with Crippen molar-refractivity contribution in [3.63, 3.8) is 0 Å². The van der Waals surface area contributed by atoms with Crippen LogP contribution in [0.3, 0.4) is 0 Å². The molecule has 6 nitrogen and oxygen atoms in total. The van der Waals surface area contributed by atoms with Gasteiger partial charge in [0, 0.05) is 18.7 Å². The first-order valence-electron chi connectivity index (χ1n) is 7.93. The smallest absolute Gasteiger partial charge is 0.255 e. The minimum atomic E-state index is -4.09. The summed E-state index contributed by atoms with van der Waals surface area (Å²) in [5.74, 6) is -1.57. The summed E-state index contributed by atoms with van der Waals surface area (Å²) in [6.45, 7) is 0.704. The molecule has 10 heteroatoms. The van der Waals surface area contributed by atoms with E-state index in [9.17, 15) is 17.6 Å². The Labute approximate surface area is 165 Å². The molecule has 0 saturated carbocycles. The van der Waals surface area contributed by atoms with Crippen molar-refractivity contribution in [3.8, 4) is 0 Å². The normalized spacial score (nSPS) is 15.5. The predicted octanol–water partition coefficient (Wildman–Crippen LogP) is 3.41. The number of amides is 1. The third-order valence-electron chi connectivity index (χ3n) is 3.98. The predicted molar refractivity (Wildman–Crippen MR) is 100 cm³/mol. The molecule has 3 rings (SSSR count). The van der Waals surface area contributed by atoms with Crippen LogP contribution in [0.2, 0.25) is 10.0 Å². The number of nitrogens with zero attached hydrogens (tertiary/aromatic N) is 1. The molecule has 1 fully saturated rings. The summed E-state index contributed by atoms with van der Waals surface area (Å²) in [7, 11) is -4.09. The minimum absolute atomic E-state index is 0.0284. The number of hydrogen-bond acceptors (Lipinski definition) is 4. The van der Waals surface area contributed by atoms with Gasteiger partial charge in [-0.05, 0) is 30.3 Å². The Balaban J connectivity index is 1.90. The van der Waals surface area contributed by atoms with Crippen molar-refractivity contribution >= 4 is 44.8 Å². The summed E-state index contributed by atoms with van der Waals surface area (Å²) in [5.41, 5.74) is 0.232. The lowest BCUT2D eigenvalue weighted by Gasteiger charge is -2.26. The van der Waals surface area contributed by atoms with Gasteiger partial charge in [-0.2, -0.15) is 4.31 Å². The lowest BCUT2D eigenvalue weighted by molar-refractivity contribution is 0.0729. The SMILES string of the molecule is O=C(Nc1cccc(Cl)c1Cl)c1ccc(F)c(S(=O)(=O)N2CCOCC2)c1. The number of morpholine rings is 1. The van der Waals surface area contributed by atoms with Crippen LogP contribution in [0.4, 0.5) is 10.1 Å². The number of nitrogens with one attached hydrogen (secondary N) is 1. The summed E-state index contributed by atoms with van der Waals surface area (Å²) in [6, 6.07) is 7.85. The lowest BCUT2D eigenvalue weighted by Crippen LogP contribution is -2.41. The van der Waals surface area contributed by atoms with Crippen LogP contribution in [0.1, 0.15) is 10.4 Å². The number of hydrogen-bond donors (Lipinski definition) is 1. The van der Waals surface area contributed by atoms with Gasteiger partial charge in [-0.1, -0.05) is 29.3 Å². The molecule has 0 radical (unpaired) electrons. The van der Waals surface area contributed by atoms with E-state index in [0.717, 1.165) is 16.4 Å². The fourth-order valence-corrected chi connectivity index (χ4v) is 4.41. The van der Waals surface area contributed by atoms with Crippen molar-refractivity contribution in [2.45, 2.75) is 4.90 Å². The molecule has 1 saturated heterocycles. The number of anilines is 1. The quantitative estimate of drug-likeness (QED) is 0.802. The van der Waals surface area contributed by atoms with Crippen molar-refractivity contribution in [1.82, 2.24) is 4.31 Å². The molecule has 0 aliphatic carbocycles. The average Bonchev–Trinajstić information content (AvgIpc) is 2.66. The molecule has 2 aromatic carbocycles. The Hall–Kier alpha value is -1.71. The van der Waals surface area contributed by atoms with Gasteiger partial charge in [0.15, 0.2) is 0 Å².